The lowest BCUT2D eigenvalue weighted by molar-refractivity contribution is -0.917. The quantitative estimate of drug-likeness (QED) is 0.372. The summed E-state index contributed by atoms with van der Waals surface area (Å²) in [5.41, 5.74) is 2.46. The highest BCUT2D eigenvalue weighted by atomic mass is 127. The summed E-state index contributed by atoms with van der Waals surface area (Å²) >= 11 is 0. The van der Waals surface area contributed by atoms with Gasteiger partial charge in [0.1, 0.15) is 0 Å². The Kier molecular flexibility index (Phi) is 7.86. The van der Waals surface area contributed by atoms with Gasteiger partial charge in [-0.2, -0.15) is 0 Å². The number of likely N-dealkylation sites (N-methyl/N-ethyl adjacent to an activating group) is 1. The predicted molar refractivity (Wildman–Crippen MR) is 104 cm³/mol. The van der Waals surface area contributed by atoms with Gasteiger partial charge in [0.2, 0.25) is 0 Å². The summed E-state index contributed by atoms with van der Waals surface area (Å²) in [5.74, 6) is 0.147. The van der Waals surface area contributed by atoms with E-state index >= 15 is 0 Å². The van der Waals surface area contributed by atoms with Crippen LogP contribution >= 0.6 is 0 Å². The van der Waals surface area contributed by atoms with E-state index in [0.717, 1.165) is 24.0 Å². The van der Waals surface area contributed by atoms with Gasteiger partial charge in [-0.1, -0.05) is 67.2 Å². The van der Waals surface area contributed by atoms with Crippen molar-refractivity contribution < 1.29 is 33.6 Å². The van der Waals surface area contributed by atoms with Gasteiger partial charge in [-0.25, -0.2) is 0 Å². The Labute approximate surface area is 175 Å². The highest BCUT2D eigenvalue weighted by Crippen LogP contribution is 2.38. The number of benzene rings is 2. The van der Waals surface area contributed by atoms with Crippen LogP contribution in [0.4, 0.5) is 0 Å². The highest BCUT2D eigenvalue weighted by Gasteiger charge is 2.45. The van der Waals surface area contributed by atoms with Gasteiger partial charge in [-0.05, 0) is 23.6 Å². The fourth-order valence-corrected chi connectivity index (χ4v) is 4.59. The SMILES string of the molecule is C=CC[N+]1(C)CCCC1C(c1ccccc1)C(O)Cc1ccccc1.[I-]. The van der Waals surface area contributed by atoms with Crippen LogP contribution in [0.2, 0.25) is 0 Å². The van der Waals surface area contributed by atoms with Crippen molar-refractivity contribution in [1.82, 2.24) is 0 Å². The van der Waals surface area contributed by atoms with Gasteiger partial charge < -0.3 is 33.6 Å². The van der Waals surface area contributed by atoms with Crippen LogP contribution in [0.15, 0.2) is 73.3 Å². The zero-order valence-electron chi connectivity index (χ0n) is 15.6. The molecule has 0 spiro atoms. The second kappa shape index (κ2) is 9.67. The van der Waals surface area contributed by atoms with Gasteiger partial charge in [0.05, 0.1) is 38.2 Å². The van der Waals surface area contributed by atoms with Crippen LogP contribution in [-0.4, -0.2) is 41.9 Å². The number of rotatable bonds is 7. The van der Waals surface area contributed by atoms with Gasteiger partial charge in [-0.15, -0.1) is 0 Å². The molecule has 1 aliphatic heterocycles. The van der Waals surface area contributed by atoms with E-state index in [4.69, 9.17) is 0 Å². The number of aliphatic hydroxyl groups excluding tert-OH is 1. The summed E-state index contributed by atoms with van der Waals surface area (Å²) in [5, 5.41) is 11.2. The smallest absolute Gasteiger partial charge is 0.0987 e. The Hall–Kier alpha value is -1.17. The largest absolute Gasteiger partial charge is 1.00 e. The van der Waals surface area contributed by atoms with Crippen molar-refractivity contribution in [3.8, 4) is 0 Å². The Balaban J connectivity index is 0.00000243. The summed E-state index contributed by atoms with van der Waals surface area (Å²) in [6, 6.07) is 21.4. The molecule has 3 heteroatoms. The number of halogens is 1. The molecule has 4 atom stereocenters. The first-order chi connectivity index (χ1) is 12.1. The lowest BCUT2D eigenvalue weighted by atomic mass is 9.82. The van der Waals surface area contributed by atoms with Gasteiger partial charge in [-0.3, -0.25) is 0 Å². The van der Waals surface area contributed by atoms with E-state index in [2.05, 4.69) is 56.1 Å². The van der Waals surface area contributed by atoms with Crippen LogP contribution in [0, 0.1) is 0 Å². The maximum absolute atomic E-state index is 11.2. The lowest BCUT2D eigenvalue weighted by Crippen LogP contribution is -3.00. The van der Waals surface area contributed by atoms with Crippen molar-refractivity contribution in [2.75, 3.05) is 20.1 Å². The summed E-state index contributed by atoms with van der Waals surface area (Å²) in [7, 11) is 2.32. The molecule has 0 bridgehead atoms. The molecule has 0 aliphatic carbocycles. The van der Waals surface area contributed by atoms with Crippen molar-refractivity contribution in [2.45, 2.75) is 37.3 Å². The summed E-state index contributed by atoms with van der Waals surface area (Å²) in [6.45, 7) is 6.10. The Morgan fingerprint density at radius 2 is 1.73 bits per heavy atom. The molecule has 2 aromatic carbocycles. The van der Waals surface area contributed by atoms with E-state index < -0.39 is 0 Å². The molecular formula is C23H30INO. The van der Waals surface area contributed by atoms with Crippen molar-refractivity contribution in [3.63, 3.8) is 0 Å². The Bertz CT molecular complexity index is 675. The minimum atomic E-state index is -0.379. The van der Waals surface area contributed by atoms with Crippen molar-refractivity contribution in [2.24, 2.45) is 0 Å². The average Bonchev–Trinajstić information content (AvgIpc) is 2.98. The molecule has 3 rings (SSSR count). The molecule has 1 fully saturated rings. The predicted octanol–water partition coefficient (Wildman–Crippen LogP) is 1.17. The van der Waals surface area contributed by atoms with Crippen molar-refractivity contribution in [1.29, 1.82) is 0 Å². The zero-order valence-corrected chi connectivity index (χ0v) is 17.8. The average molecular weight is 463 g/mol. The maximum atomic E-state index is 11.2. The molecule has 0 amide bonds. The fourth-order valence-electron chi connectivity index (χ4n) is 4.59. The lowest BCUT2D eigenvalue weighted by Gasteiger charge is -2.41. The van der Waals surface area contributed by atoms with Crippen LogP contribution < -0.4 is 24.0 Å². The second-order valence-corrected chi connectivity index (χ2v) is 7.58. The van der Waals surface area contributed by atoms with Crippen LogP contribution in [0.25, 0.3) is 0 Å². The number of nitrogens with zero attached hydrogens (tertiary/aromatic N) is 1. The monoisotopic (exact) mass is 463 g/mol. The van der Waals surface area contributed by atoms with Gasteiger partial charge in [0.25, 0.3) is 0 Å². The van der Waals surface area contributed by atoms with E-state index in [1.54, 1.807) is 0 Å². The minimum Gasteiger partial charge on any atom is -1.00 e. The van der Waals surface area contributed by atoms with E-state index in [-0.39, 0.29) is 36.0 Å². The normalized spacial score (nSPS) is 24.5. The Morgan fingerprint density at radius 1 is 1.12 bits per heavy atom. The third-order valence-corrected chi connectivity index (χ3v) is 5.82. The zero-order chi connectivity index (χ0) is 17.7. The number of hydrogen-bond donors (Lipinski definition) is 1. The maximum Gasteiger partial charge on any atom is 0.0987 e. The minimum absolute atomic E-state index is 0. The molecule has 4 unspecified atom stereocenters. The molecular weight excluding hydrogens is 433 g/mol. The molecule has 1 N–H and O–H groups in total. The third kappa shape index (κ3) is 4.76. The van der Waals surface area contributed by atoms with E-state index in [0.29, 0.717) is 12.5 Å². The molecule has 1 aliphatic rings. The molecule has 2 aromatic rings. The molecule has 2 nitrogen and oxygen atoms in total. The number of hydrogen-bond acceptors (Lipinski definition) is 1. The van der Waals surface area contributed by atoms with Crippen LogP contribution in [0.3, 0.4) is 0 Å². The molecule has 0 saturated carbocycles. The standard InChI is InChI=1S/C23H30NO.HI/c1-3-16-24(2)17-10-15-21(24)23(20-13-8-5-9-14-20)22(25)18-19-11-6-4-7-12-19;/h3-9,11-14,21-23,25H,1,10,15-18H2,2H3;1H/q+1;/p-1. The van der Waals surface area contributed by atoms with Crippen molar-refractivity contribution in [3.05, 3.63) is 84.4 Å². The van der Waals surface area contributed by atoms with E-state index in [1.165, 1.54) is 17.5 Å². The van der Waals surface area contributed by atoms with Crippen LogP contribution in [0.5, 0.6) is 0 Å². The van der Waals surface area contributed by atoms with Crippen molar-refractivity contribution >= 4 is 0 Å². The first-order valence-corrected chi connectivity index (χ1v) is 9.36. The van der Waals surface area contributed by atoms with E-state index in [9.17, 15) is 5.11 Å². The first kappa shape index (κ1) is 21.1. The van der Waals surface area contributed by atoms with Gasteiger partial charge in [0.15, 0.2) is 0 Å². The number of aliphatic hydroxyl groups is 1. The van der Waals surface area contributed by atoms with Crippen LogP contribution in [-0.2, 0) is 6.42 Å². The molecule has 0 aromatic heterocycles. The first-order valence-electron chi connectivity index (χ1n) is 9.36. The number of quaternary nitrogens is 1. The van der Waals surface area contributed by atoms with Gasteiger partial charge in [0, 0.05) is 12.8 Å². The molecule has 26 heavy (non-hydrogen) atoms. The second-order valence-electron chi connectivity index (χ2n) is 7.58. The summed E-state index contributed by atoms with van der Waals surface area (Å²) in [4.78, 5) is 0. The molecule has 0 radical (unpaired) electrons. The van der Waals surface area contributed by atoms with Gasteiger partial charge >= 0.3 is 0 Å². The Morgan fingerprint density at radius 3 is 2.35 bits per heavy atom. The third-order valence-electron chi connectivity index (χ3n) is 5.82. The number of likely N-dealkylation sites (tertiary alicyclic amines) is 1. The fraction of sp³-hybridized carbons (Fsp3) is 0.391. The van der Waals surface area contributed by atoms with Crippen LogP contribution in [0.1, 0.15) is 29.9 Å². The highest BCUT2D eigenvalue weighted by molar-refractivity contribution is 5.24. The topological polar surface area (TPSA) is 20.2 Å². The molecule has 1 heterocycles. The summed E-state index contributed by atoms with van der Waals surface area (Å²) < 4.78 is 0.981. The summed E-state index contributed by atoms with van der Waals surface area (Å²) in [6.07, 6.45) is 4.73. The molecule has 140 valence electrons. The molecule has 1 saturated heterocycles. The van der Waals surface area contributed by atoms with E-state index in [1.807, 2.05) is 24.3 Å².